The zero-order chi connectivity index (χ0) is 19.1. The molecule has 1 aliphatic rings. The summed E-state index contributed by atoms with van der Waals surface area (Å²) in [5, 5.41) is 3.10. The zero-order valence-electron chi connectivity index (χ0n) is 16.6. The molecule has 0 aromatic heterocycles. The zero-order valence-corrected chi connectivity index (χ0v) is 16.6. The van der Waals surface area contributed by atoms with Crippen LogP contribution >= 0.6 is 0 Å². The van der Waals surface area contributed by atoms with Gasteiger partial charge in [0.05, 0.1) is 6.54 Å². The number of hydrogen-bond donors (Lipinski definition) is 1. The summed E-state index contributed by atoms with van der Waals surface area (Å²) >= 11 is 0. The highest BCUT2D eigenvalue weighted by molar-refractivity contribution is 5.93. The van der Waals surface area contributed by atoms with Gasteiger partial charge in [0.1, 0.15) is 0 Å². The van der Waals surface area contributed by atoms with E-state index in [-0.39, 0.29) is 5.91 Å². The number of nitrogens with zero attached hydrogens (tertiary/aromatic N) is 2. The fourth-order valence-electron chi connectivity index (χ4n) is 3.72. The standard InChI is InChI=1S/C23H31N3O/c1-3-13-25(17-20-9-5-4-6-10-20)18-23(27)24-22-12-11-21(16-19(22)2)26-14-7-8-15-26/h4-6,9-12,16H,3,7-8,13-15,17-18H2,1-2H3,(H,24,27). The Morgan fingerprint density at radius 3 is 2.52 bits per heavy atom. The number of amides is 1. The molecule has 1 fully saturated rings. The van der Waals surface area contributed by atoms with E-state index in [1.165, 1.54) is 24.1 Å². The molecule has 0 aliphatic carbocycles. The highest BCUT2D eigenvalue weighted by Gasteiger charge is 2.15. The number of carbonyl (C=O) groups is 1. The van der Waals surface area contributed by atoms with Crippen molar-refractivity contribution in [2.75, 3.05) is 36.4 Å². The Kier molecular flexibility index (Phi) is 6.88. The highest BCUT2D eigenvalue weighted by Crippen LogP contribution is 2.25. The van der Waals surface area contributed by atoms with Crippen LogP contribution in [0.3, 0.4) is 0 Å². The molecule has 0 atom stereocenters. The number of anilines is 2. The number of rotatable bonds is 8. The highest BCUT2D eigenvalue weighted by atomic mass is 16.2. The van der Waals surface area contributed by atoms with E-state index in [0.717, 1.165) is 43.9 Å². The van der Waals surface area contributed by atoms with Gasteiger partial charge < -0.3 is 10.2 Å². The van der Waals surface area contributed by atoms with E-state index >= 15 is 0 Å². The maximum Gasteiger partial charge on any atom is 0.238 e. The van der Waals surface area contributed by atoms with Crippen LogP contribution in [0.4, 0.5) is 11.4 Å². The van der Waals surface area contributed by atoms with Crippen LogP contribution in [0.2, 0.25) is 0 Å². The van der Waals surface area contributed by atoms with Crippen molar-refractivity contribution in [2.45, 2.75) is 39.7 Å². The van der Waals surface area contributed by atoms with Gasteiger partial charge in [-0.3, -0.25) is 9.69 Å². The summed E-state index contributed by atoms with van der Waals surface area (Å²) in [6.07, 6.45) is 3.57. The third-order valence-electron chi connectivity index (χ3n) is 5.11. The molecule has 0 bridgehead atoms. The first kappa shape index (κ1) is 19.4. The van der Waals surface area contributed by atoms with Crippen LogP contribution in [0.5, 0.6) is 0 Å². The second-order valence-corrected chi connectivity index (χ2v) is 7.44. The topological polar surface area (TPSA) is 35.6 Å². The quantitative estimate of drug-likeness (QED) is 0.751. The molecule has 1 heterocycles. The molecular formula is C23H31N3O. The van der Waals surface area contributed by atoms with Crippen molar-refractivity contribution in [1.29, 1.82) is 0 Å². The minimum absolute atomic E-state index is 0.0522. The molecule has 4 heteroatoms. The summed E-state index contributed by atoms with van der Waals surface area (Å²) in [5.74, 6) is 0.0522. The Labute approximate surface area is 163 Å². The predicted molar refractivity (Wildman–Crippen MR) is 113 cm³/mol. The number of aryl methyl sites for hydroxylation is 1. The molecule has 0 radical (unpaired) electrons. The Hall–Kier alpha value is -2.33. The third kappa shape index (κ3) is 5.57. The second kappa shape index (κ2) is 9.56. The fourth-order valence-corrected chi connectivity index (χ4v) is 3.72. The van der Waals surface area contributed by atoms with Gasteiger partial charge in [0.15, 0.2) is 0 Å². The first-order valence-corrected chi connectivity index (χ1v) is 10.1. The van der Waals surface area contributed by atoms with Gasteiger partial charge in [-0.1, -0.05) is 37.3 Å². The van der Waals surface area contributed by atoms with Gasteiger partial charge in [-0.15, -0.1) is 0 Å². The SMILES string of the molecule is CCCN(CC(=O)Nc1ccc(N2CCCC2)cc1C)Cc1ccccc1. The second-order valence-electron chi connectivity index (χ2n) is 7.44. The van der Waals surface area contributed by atoms with Crippen LogP contribution in [0, 0.1) is 6.92 Å². The number of carbonyl (C=O) groups excluding carboxylic acids is 1. The Morgan fingerprint density at radius 1 is 1.11 bits per heavy atom. The summed E-state index contributed by atoms with van der Waals surface area (Å²) in [7, 11) is 0. The van der Waals surface area contributed by atoms with E-state index in [2.05, 4.69) is 53.2 Å². The lowest BCUT2D eigenvalue weighted by atomic mass is 10.1. The van der Waals surface area contributed by atoms with Crippen LogP contribution in [0.25, 0.3) is 0 Å². The normalized spacial score (nSPS) is 14.0. The van der Waals surface area contributed by atoms with E-state index in [1.807, 2.05) is 24.3 Å². The number of benzene rings is 2. The summed E-state index contributed by atoms with van der Waals surface area (Å²) in [6.45, 7) is 8.62. The van der Waals surface area contributed by atoms with Crippen LogP contribution in [-0.2, 0) is 11.3 Å². The van der Waals surface area contributed by atoms with E-state index in [4.69, 9.17) is 0 Å². The molecule has 0 spiro atoms. The van der Waals surface area contributed by atoms with Crippen molar-refractivity contribution < 1.29 is 4.79 Å². The maximum absolute atomic E-state index is 12.6. The maximum atomic E-state index is 12.6. The summed E-state index contributed by atoms with van der Waals surface area (Å²) < 4.78 is 0. The lowest BCUT2D eigenvalue weighted by Crippen LogP contribution is -2.33. The summed E-state index contributed by atoms with van der Waals surface area (Å²) in [5.41, 5.74) is 4.54. The van der Waals surface area contributed by atoms with Gasteiger partial charge in [0, 0.05) is 31.0 Å². The first-order chi connectivity index (χ1) is 13.2. The Balaban J connectivity index is 1.59. The van der Waals surface area contributed by atoms with Crippen LogP contribution in [0.1, 0.15) is 37.3 Å². The average Bonchev–Trinajstić information content (AvgIpc) is 3.19. The molecule has 0 unspecified atom stereocenters. The number of nitrogens with one attached hydrogen (secondary N) is 1. The van der Waals surface area contributed by atoms with Crippen molar-refractivity contribution in [1.82, 2.24) is 4.90 Å². The Morgan fingerprint density at radius 2 is 1.85 bits per heavy atom. The van der Waals surface area contributed by atoms with Crippen molar-refractivity contribution in [3.63, 3.8) is 0 Å². The monoisotopic (exact) mass is 365 g/mol. The van der Waals surface area contributed by atoms with Crippen LogP contribution < -0.4 is 10.2 Å². The van der Waals surface area contributed by atoms with E-state index in [9.17, 15) is 4.79 Å². The molecule has 3 rings (SSSR count). The molecule has 1 N–H and O–H groups in total. The minimum atomic E-state index is 0.0522. The molecule has 1 aliphatic heterocycles. The average molecular weight is 366 g/mol. The molecule has 1 amide bonds. The lowest BCUT2D eigenvalue weighted by molar-refractivity contribution is -0.117. The van der Waals surface area contributed by atoms with Crippen molar-refractivity contribution >= 4 is 17.3 Å². The van der Waals surface area contributed by atoms with Crippen LogP contribution in [-0.4, -0.2) is 37.0 Å². The van der Waals surface area contributed by atoms with Gasteiger partial charge in [0.25, 0.3) is 0 Å². The largest absolute Gasteiger partial charge is 0.372 e. The molecule has 144 valence electrons. The first-order valence-electron chi connectivity index (χ1n) is 10.1. The van der Waals surface area contributed by atoms with Gasteiger partial charge in [-0.25, -0.2) is 0 Å². The van der Waals surface area contributed by atoms with E-state index in [1.54, 1.807) is 0 Å². The molecule has 2 aromatic carbocycles. The molecule has 2 aromatic rings. The lowest BCUT2D eigenvalue weighted by Gasteiger charge is -2.22. The van der Waals surface area contributed by atoms with Crippen molar-refractivity contribution in [3.8, 4) is 0 Å². The summed E-state index contributed by atoms with van der Waals surface area (Å²) in [4.78, 5) is 17.2. The molecule has 1 saturated heterocycles. The van der Waals surface area contributed by atoms with Crippen molar-refractivity contribution in [3.05, 3.63) is 59.7 Å². The van der Waals surface area contributed by atoms with Gasteiger partial charge in [-0.05, 0) is 62.1 Å². The molecular weight excluding hydrogens is 334 g/mol. The van der Waals surface area contributed by atoms with Crippen molar-refractivity contribution in [2.24, 2.45) is 0 Å². The van der Waals surface area contributed by atoms with Crippen LogP contribution in [0.15, 0.2) is 48.5 Å². The molecule has 27 heavy (non-hydrogen) atoms. The molecule has 4 nitrogen and oxygen atoms in total. The van der Waals surface area contributed by atoms with Gasteiger partial charge in [0.2, 0.25) is 5.91 Å². The Bertz CT molecular complexity index is 739. The minimum Gasteiger partial charge on any atom is -0.372 e. The molecule has 0 saturated carbocycles. The summed E-state index contributed by atoms with van der Waals surface area (Å²) in [6, 6.07) is 16.7. The van der Waals surface area contributed by atoms with E-state index < -0.39 is 0 Å². The van der Waals surface area contributed by atoms with Gasteiger partial charge in [-0.2, -0.15) is 0 Å². The third-order valence-corrected chi connectivity index (χ3v) is 5.11. The van der Waals surface area contributed by atoms with E-state index in [0.29, 0.717) is 6.54 Å². The fraction of sp³-hybridized carbons (Fsp3) is 0.435. The van der Waals surface area contributed by atoms with Gasteiger partial charge >= 0.3 is 0 Å². The smallest absolute Gasteiger partial charge is 0.238 e. The predicted octanol–water partition coefficient (Wildman–Crippen LogP) is 4.45. The number of hydrogen-bond acceptors (Lipinski definition) is 3.